The van der Waals surface area contributed by atoms with Crippen molar-refractivity contribution in [3.63, 3.8) is 0 Å². The van der Waals surface area contributed by atoms with Crippen LogP contribution in [-0.4, -0.2) is 29.3 Å². The molecule has 0 saturated heterocycles. The van der Waals surface area contributed by atoms with Gasteiger partial charge >= 0.3 is 5.97 Å². The number of sulfonamides is 1. The minimum absolute atomic E-state index is 0.0457. The maximum Gasteiger partial charge on any atom is 0.337 e. The third-order valence-electron chi connectivity index (χ3n) is 3.58. The predicted octanol–water partition coefficient (Wildman–Crippen LogP) is 1.93. The van der Waals surface area contributed by atoms with Crippen LogP contribution in [0.4, 0.5) is 11.4 Å². The fourth-order valence-corrected chi connectivity index (χ4v) is 2.77. The summed E-state index contributed by atoms with van der Waals surface area (Å²) in [6.07, 6.45) is 1.29. The number of nitrogens with one attached hydrogen (secondary N) is 1. The Labute approximate surface area is 152 Å². The molecule has 2 aromatic carbocycles. The van der Waals surface area contributed by atoms with Crippen molar-refractivity contribution in [1.29, 1.82) is 0 Å². The number of H-pyrrole nitrogens is 1. The van der Waals surface area contributed by atoms with Gasteiger partial charge in [0.25, 0.3) is 5.56 Å². The summed E-state index contributed by atoms with van der Waals surface area (Å²) in [6, 6.07) is 11.3. The van der Waals surface area contributed by atoms with E-state index in [0.717, 1.165) is 4.68 Å². The quantitative estimate of drug-likeness (QED) is 0.569. The maximum absolute atomic E-state index is 12.4. The lowest BCUT2D eigenvalue weighted by molar-refractivity contribution is 0.0697. The van der Waals surface area contributed by atoms with Crippen LogP contribution in [0.5, 0.6) is 0 Å². The van der Waals surface area contributed by atoms with Gasteiger partial charge in [-0.1, -0.05) is 12.1 Å². The summed E-state index contributed by atoms with van der Waals surface area (Å²) in [7, 11) is -3.84. The molecule has 138 valence electrons. The highest BCUT2D eigenvalue weighted by Crippen LogP contribution is 2.21. The lowest BCUT2D eigenvalue weighted by Gasteiger charge is -2.02. The number of carboxylic acid groups (broad SMARTS) is 1. The molecule has 10 nitrogen and oxygen atoms in total. The minimum Gasteiger partial charge on any atom is -0.478 e. The second kappa shape index (κ2) is 6.97. The van der Waals surface area contributed by atoms with Crippen molar-refractivity contribution in [1.82, 2.24) is 9.78 Å². The van der Waals surface area contributed by atoms with E-state index in [0.29, 0.717) is 5.69 Å². The summed E-state index contributed by atoms with van der Waals surface area (Å²) in [5.41, 5.74) is -0.175. The molecule has 0 aliphatic heterocycles. The fourth-order valence-electron chi connectivity index (χ4n) is 2.26. The standard InChI is InChI=1S/C16H13N5O5S/c17-27(25,26)11-7-5-10(6-8-11)21-15(22)14(9-18-21)20-19-13-4-2-1-3-12(13)16(23)24/h1-9,18H,(H,23,24)(H2,17,25,26). The van der Waals surface area contributed by atoms with Crippen molar-refractivity contribution in [3.05, 3.63) is 70.6 Å². The Morgan fingerprint density at radius 3 is 2.30 bits per heavy atom. The van der Waals surface area contributed by atoms with Crippen molar-refractivity contribution in [2.75, 3.05) is 0 Å². The van der Waals surface area contributed by atoms with Crippen LogP contribution < -0.4 is 10.7 Å². The van der Waals surface area contributed by atoms with E-state index < -0.39 is 21.6 Å². The zero-order valence-corrected chi connectivity index (χ0v) is 14.4. The lowest BCUT2D eigenvalue weighted by Crippen LogP contribution is -2.15. The molecule has 3 rings (SSSR count). The SMILES string of the molecule is NS(=O)(=O)c1ccc(-n2[nH]cc(N=Nc3ccccc3C(=O)O)c2=O)cc1. The van der Waals surface area contributed by atoms with Gasteiger partial charge in [0.05, 0.1) is 22.3 Å². The van der Waals surface area contributed by atoms with Crippen molar-refractivity contribution < 1.29 is 18.3 Å². The second-order valence-corrected chi connectivity index (χ2v) is 6.92. The first kappa shape index (κ1) is 18.2. The highest BCUT2D eigenvalue weighted by Gasteiger charge is 2.12. The number of aromatic carboxylic acids is 1. The highest BCUT2D eigenvalue weighted by molar-refractivity contribution is 7.89. The number of nitrogens with two attached hydrogens (primary N) is 1. The second-order valence-electron chi connectivity index (χ2n) is 5.36. The first-order chi connectivity index (χ1) is 12.8. The molecule has 0 unspecified atom stereocenters. The average Bonchev–Trinajstić information content (AvgIpc) is 3.00. The molecule has 1 aromatic heterocycles. The monoisotopic (exact) mass is 387 g/mol. The van der Waals surface area contributed by atoms with Crippen LogP contribution in [0.15, 0.2) is 74.6 Å². The zero-order valence-electron chi connectivity index (χ0n) is 13.6. The maximum atomic E-state index is 12.4. The van der Waals surface area contributed by atoms with E-state index >= 15 is 0 Å². The minimum atomic E-state index is -3.84. The van der Waals surface area contributed by atoms with Crippen LogP contribution in [0.1, 0.15) is 10.4 Å². The molecule has 0 saturated carbocycles. The molecule has 0 radical (unpaired) electrons. The van der Waals surface area contributed by atoms with Gasteiger partial charge in [-0.2, -0.15) is 0 Å². The van der Waals surface area contributed by atoms with Gasteiger partial charge in [-0.25, -0.2) is 23.0 Å². The lowest BCUT2D eigenvalue weighted by atomic mass is 10.2. The summed E-state index contributed by atoms with van der Waals surface area (Å²) < 4.78 is 23.7. The topological polar surface area (TPSA) is 160 Å². The van der Waals surface area contributed by atoms with Crippen molar-refractivity contribution in [2.45, 2.75) is 4.90 Å². The highest BCUT2D eigenvalue weighted by atomic mass is 32.2. The van der Waals surface area contributed by atoms with Crippen LogP contribution in [0, 0.1) is 0 Å². The Balaban J connectivity index is 1.93. The molecular formula is C16H13N5O5S. The molecule has 0 fully saturated rings. The molecule has 0 spiro atoms. The van der Waals surface area contributed by atoms with E-state index in [1.807, 2.05) is 0 Å². The van der Waals surface area contributed by atoms with E-state index in [1.54, 1.807) is 12.1 Å². The summed E-state index contributed by atoms with van der Waals surface area (Å²) >= 11 is 0. The number of primary sulfonamides is 1. The molecule has 3 aromatic rings. The van der Waals surface area contributed by atoms with E-state index in [1.165, 1.54) is 42.6 Å². The van der Waals surface area contributed by atoms with Crippen molar-refractivity contribution >= 4 is 27.4 Å². The van der Waals surface area contributed by atoms with Gasteiger partial charge in [0.15, 0.2) is 5.69 Å². The number of hydrogen-bond donors (Lipinski definition) is 3. The fraction of sp³-hybridized carbons (Fsp3) is 0. The van der Waals surface area contributed by atoms with Gasteiger partial charge in [-0.05, 0) is 36.4 Å². The van der Waals surface area contributed by atoms with Crippen LogP contribution in [0.2, 0.25) is 0 Å². The number of benzene rings is 2. The Bertz CT molecular complexity index is 1190. The van der Waals surface area contributed by atoms with Gasteiger partial charge < -0.3 is 5.11 Å². The number of nitrogens with zero attached hydrogens (tertiary/aromatic N) is 3. The summed E-state index contributed by atoms with van der Waals surface area (Å²) in [5, 5.41) is 24.5. The number of carboxylic acids is 1. The number of azo groups is 1. The number of aromatic amines is 1. The van der Waals surface area contributed by atoms with Gasteiger partial charge in [-0.15, -0.1) is 10.2 Å². The van der Waals surface area contributed by atoms with E-state index in [-0.39, 0.29) is 21.8 Å². The smallest absolute Gasteiger partial charge is 0.337 e. The summed E-state index contributed by atoms with van der Waals surface area (Å²) in [6.45, 7) is 0. The van der Waals surface area contributed by atoms with Crippen LogP contribution >= 0.6 is 0 Å². The predicted molar refractivity (Wildman–Crippen MR) is 95.3 cm³/mol. The molecular weight excluding hydrogens is 374 g/mol. The number of aromatic nitrogens is 2. The molecule has 0 aliphatic rings. The molecule has 1 heterocycles. The number of hydrogen-bond acceptors (Lipinski definition) is 6. The van der Waals surface area contributed by atoms with E-state index in [9.17, 15) is 18.0 Å². The Kier molecular flexibility index (Phi) is 4.71. The molecule has 0 amide bonds. The zero-order chi connectivity index (χ0) is 19.6. The van der Waals surface area contributed by atoms with Crippen LogP contribution in [0.3, 0.4) is 0 Å². The van der Waals surface area contributed by atoms with Crippen molar-refractivity contribution in [3.8, 4) is 5.69 Å². The molecule has 0 atom stereocenters. The third-order valence-corrected chi connectivity index (χ3v) is 4.51. The molecule has 27 heavy (non-hydrogen) atoms. The van der Waals surface area contributed by atoms with E-state index in [2.05, 4.69) is 15.3 Å². The largest absolute Gasteiger partial charge is 0.478 e. The van der Waals surface area contributed by atoms with E-state index in [4.69, 9.17) is 10.2 Å². The van der Waals surface area contributed by atoms with Gasteiger partial charge in [0, 0.05) is 0 Å². The Morgan fingerprint density at radius 2 is 1.67 bits per heavy atom. The average molecular weight is 387 g/mol. The molecule has 0 bridgehead atoms. The van der Waals surface area contributed by atoms with Gasteiger partial charge in [-0.3, -0.25) is 9.89 Å². The number of carbonyl (C=O) groups is 1. The summed E-state index contributed by atoms with van der Waals surface area (Å²) in [5.74, 6) is -1.16. The van der Waals surface area contributed by atoms with Crippen LogP contribution in [-0.2, 0) is 10.0 Å². The third kappa shape index (κ3) is 3.83. The van der Waals surface area contributed by atoms with Crippen LogP contribution in [0.25, 0.3) is 5.69 Å². The first-order valence-electron chi connectivity index (χ1n) is 7.45. The first-order valence-corrected chi connectivity index (χ1v) is 9.00. The number of rotatable bonds is 5. The molecule has 4 N–H and O–H groups in total. The summed E-state index contributed by atoms with van der Waals surface area (Å²) in [4.78, 5) is 23.5. The van der Waals surface area contributed by atoms with Gasteiger partial charge in [0.1, 0.15) is 5.69 Å². The molecule has 0 aliphatic carbocycles. The molecule has 11 heteroatoms. The Morgan fingerprint density at radius 1 is 1.04 bits per heavy atom. The Hall–Kier alpha value is -3.57. The normalized spacial score (nSPS) is 11.7. The van der Waals surface area contributed by atoms with Gasteiger partial charge in [0.2, 0.25) is 10.0 Å². The van der Waals surface area contributed by atoms with Crippen molar-refractivity contribution in [2.24, 2.45) is 15.4 Å².